The quantitative estimate of drug-likeness (QED) is 0.483. The Labute approximate surface area is 177 Å². The molecule has 3 heterocycles. The van der Waals surface area contributed by atoms with Gasteiger partial charge in [-0.3, -0.25) is 19.1 Å². The second-order valence-electron chi connectivity index (χ2n) is 7.56. The van der Waals surface area contributed by atoms with E-state index in [1.165, 1.54) is 0 Å². The lowest BCUT2D eigenvalue weighted by molar-refractivity contribution is 0.0951. The van der Waals surface area contributed by atoms with E-state index in [0.717, 1.165) is 41.0 Å². The topological polar surface area (TPSA) is 93.4 Å². The number of aromatic amines is 1. The first kappa shape index (κ1) is 18.7. The Balaban J connectivity index is 1.52. The van der Waals surface area contributed by atoms with Gasteiger partial charge in [-0.15, -0.1) is 0 Å². The predicted molar refractivity (Wildman–Crippen MR) is 116 cm³/mol. The third kappa shape index (κ3) is 3.21. The molecule has 0 atom stereocenters. The van der Waals surface area contributed by atoms with E-state index >= 15 is 0 Å². The number of pyridine rings is 1. The highest BCUT2D eigenvalue weighted by Crippen LogP contribution is 2.35. The standard InChI is InChI=1S/C21H21N7OS/c1-12-18-15(20(29)22-11-17-24-25-21(30)28(17)14-8-9-14)10-16(13-6-4-3-5-7-13)23-19(18)27(2)26-12/h3-7,10,14H,8-9,11H2,1-2H3,(H,22,29)(H,25,30). The number of nitrogens with zero attached hydrogens (tertiary/aromatic N) is 5. The molecule has 2 N–H and O–H groups in total. The van der Waals surface area contributed by atoms with Crippen molar-refractivity contribution in [1.82, 2.24) is 34.8 Å². The maximum Gasteiger partial charge on any atom is 0.252 e. The molecular weight excluding hydrogens is 398 g/mol. The zero-order valence-electron chi connectivity index (χ0n) is 16.7. The highest BCUT2D eigenvalue weighted by Gasteiger charge is 2.27. The van der Waals surface area contributed by atoms with Crippen LogP contribution in [-0.4, -0.2) is 35.4 Å². The molecule has 1 aromatic carbocycles. The number of hydrogen-bond donors (Lipinski definition) is 2. The highest BCUT2D eigenvalue weighted by atomic mass is 32.1. The molecule has 3 aromatic heterocycles. The van der Waals surface area contributed by atoms with E-state index in [9.17, 15) is 4.79 Å². The molecule has 9 heteroatoms. The van der Waals surface area contributed by atoms with E-state index in [-0.39, 0.29) is 5.91 Å². The number of benzene rings is 1. The van der Waals surface area contributed by atoms with Crippen LogP contribution in [0.1, 0.15) is 40.8 Å². The maximum absolute atomic E-state index is 13.2. The van der Waals surface area contributed by atoms with Crippen molar-refractivity contribution in [3.05, 3.63) is 58.3 Å². The third-order valence-corrected chi connectivity index (χ3v) is 5.67. The molecule has 30 heavy (non-hydrogen) atoms. The van der Waals surface area contributed by atoms with Gasteiger partial charge in [-0.1, -0.05) is 30.3 Å². The van der Waals surface area contributed by atoms with Crippen LogP contribution in [0.3, 0.4) is 0 Å². The summed E-state index contributed by atoms with van der Waals surface area (Å²) in [6, 6.07) is 12.0. The summed E-state index contributed by atoms with van der Waals surface area (Å²) in [4.78, 5) is 18.0. The normalized spacial score (nSPS) is 13.7. The molecular formula is C21H21N7OS. The van der Waals surface area contributed by atoms with Gasteiger partial charge in [0.25, 0.3) is 5.91 Å². The molecule has 1 fully saturated rings. The monoisotopic (exact) mass is 419 g/mol. The fraction of sp³-hybridized carbons (Fsp3) is 0.286. The van der Waals surface area contributed by atoms with Crippen LogP contribution in [0.4, 0.5) is 0 Å². The van der Waals surface area contributed by atoms with Crippen molar-refractivity contribution in [2.24, 2.45) is 7.05 Å². The van der Waals surface area contributed by atoms with Crippen LogP contribution in [0.25, 0.3) is 22.3 Å². The van der Waals surface area contributed by atoms with Crippen LogP contribution in [-0.2, 0) is 13.6 Å². The lowest BCUT2D eigenvalue weighted by Gasteiger charge is -2.10. The van der Waals surface area contributed by atoms with E-state index < -0.39 is 0 Å². The second kappa shape index (κ2) is 7.17. The summed E-state index contributed by atoms with van der Waals surface area (Å²) >= 11 is 5.33. The number of carbonyl (C=O) groups excluding carboxylic acids is 1. The SMILES string of the molecule is Cc1nn(C)c2nc(-c3ccccc3)cc(C(=O)NCc3n[nH]c(=S)n3C3CC3)c12. The molecule has 5 rings (SSSR count). The number of fused-ring (bicyclic) bond motifs is 1. The lowest BCUT2D eigenvalue weighted by Crippen LogP contribution is -2.25. The van der Waals surface area contributed by atoms with E-state index in [1.807, 2.05) is 54.9 Å². The van der Waals surface area contributed by atoms with Gasteiger partial charge in [0.15, 0.2) is 16.2 Å². The zero-order valence-corrected chi connectivity index (χ0v) is 17.5. The van der Waals surface area contributed by atoms with Crippen molar-refractivity contribution in [3.8, 4) is 11.3 Å². The Morgan fingerprint density at radius 1 is 1.30 bits per heavy atom. The van der Waals surface area contributed by atoms with Crippen molar-refractivity contribution in [2.75, 3.05) is 0 Å². The van der Waals surface area contributed by atoms with Crippen molar-refractivity contribution in [2.45, 2.75) is 32.4 Å². The first-order chi connectivity index (χ1) is 14.5. The number of H-pyrrole nitrogens is 1. The number of aromatic nitrogens is 6. The molecule has 1 saturated carbocycles. The zero-order chi connectivity index (χ0) is 20.8. The third-order valence-electron chi connectivity index (χ3n) is 5.38. The minimum Gasteiger partial charge on any atom is -0.345 e. The minimum absolute atomic E-state index is 0.188. The van der Waals surface area contributed by atoms with Gasteiger partial charge in [0.05, 0.1) is 28.9 Å². The molecule has 4 aromatic rings. The average molecular weight is 420 g/mol. The fourth-order valence-corrected chi connectivity index (χ4v) is 4.11. The van der Waals surface area contributed by atoms with Gasteiger partial charge < -0.3 is 5.32 Å². The molecule has 0 unspecified atom stereocenters. The number of carbonyl (C=O) groups is 1. The summed E-state index contributed by atoms with van der Waals surface area (Å²) in [6.45, 7) is 2.19. The van der Waals surface area contributed by atoms with Crippen LogP contribution in [0.5, 0.6) is 0 Å². The predicted octanol–water partition coefficient (Wildman–Crippen LogP) is 3.46. The van der Waals surface area contributed by atoms with Crippen molar-refractivity contribution >= 4 is 29.2 Å². The Hall–Kier alpha value is -3.33. The lowest BCUT2D eigenvalue weighted by atomic mass is 10.0. The van der Waals surface area contributed by atoms with Gasteiger partial charge in [0, 0.05) is 18.7 Å². The summed E-state index contributed by atoms with van der Waals surface area (Å²) in [5, 5.41) is 15.4. The number of amides is 1. The number of nitrogens with one attached hydrogen (secondary N) is 2. The Morgan fingerprint density at radius 2 is 2.07 bits per heavy atom. The van der Waals surface area contributed by atoms with Crippen molar-refractivity contribution < 1.29 is 4.79 Å². The summed E-state index contributed by atoms with van der Waals surface area (Å²) in [6.07, 6.45) is 2.18. The summed E-state index contributed by atoms with van der Waals surface area (Å²) in [5.74, 6) is 0.555. The smallest absolute Gasteiger partial charge is 0.252 e. The van der Waals surface area contributed by atoms with Gasteiger partial charge in [0.2, 0.25) is 0 Å². The maximum atomic E-state index is 13.2. The number of rotatable bonds is 5. The Morgan fingerprint density at radius 3 is 2.80 bits per heavy atom. The van der Waals surface area contributed by atoms with E-state index in [4.69, 9.17) is 17.2 Å². The summed E-state index contributed by atoms with van der Waals surface area (Å²) < 4.78 is 4.32. The number of hydrogen-bond acceptors (Lipinski definition) is 5. The van der Waals surface area contributed by atoms with Crippen molar-refractivity contribution in [1.29, 1.82) is 0 Å². The van der Waals surface area contributed by atoms with Gasteiger partial charge in [-0.2, -0.15) is 10.2 Å². The molecule has 152 valence electrons. The van der Waals surface area contributed by atoms with E-state index in [0.29, 0.717) is 28.6 Å². The van der Waals surface area contributed by atoms with Crippen LogP contribution in [0, 0.1) is 11.7 Å². The van der Waals surface area contributed by atoms with Crippen LogP contribution >= 0.6 is 12.2 Å². The van der Waals surface area contributed by atoms with Crippen molar-refractivity contribution in [3.63, 3.8) is 0 Å². The molecule has 1 aliphatic rings. The van der Waals surface area contributed by atoms with Crippen LogP contribution < -0.4 is 5.32 Å². The van der Waals surface area contributed by atoms with Gasteiger partial charge in [-0.05, 0) is 38.0 Å². The van der Waals surface area contributed by atoms with Crippen LogP contribution in [0.15, 0.2) is 36.4 Å². The van der Waals surface area contributed by atoms with E-state index in [2.05, 4.69) is 20.6 Å². The molecule has 8 nitrogen and oxygen atoms in total. The first-order valence-electron chi connectivity index (χ1n) is 9.86. The summed E-state index contributed by atoms with van der Waals surface area (Å²) in [5.41, 5.74) is 3.68. The number of aryl methyl sites for hydroxylation is 2. The Bertz CT molecular complexity index is 1310. The van der Waals surface area contributed by atoms with E-state index in [1.54, 1.807) is 4.68 Å². The minimum atomic E-state index is -0.188. The molecule has 1 aliphatic carbocycles. The van der Waals surface area contributed by atoms with Gasteiger partial charge in [-0.25, -0.2) is 4.98 Å². The Kier molecular flexibility index (Phi) is 4.47. The molecule has 0 radical (unpaired) electrons. The fourth-order valence-electron chi connectivity index (χ4n) is 3.81. The molecule has 0 saturated heterocycles. The summed E-state index contributed by atoms with van der Waals surface area (Å²) in [7, 11) is 1.84. The average Bonchev–Trinajstić information content (AvgIpc) is 3.46. The molecule has 0 spiro atoms. The van der Waals surface area contributed by atoms with Crippen LogP contribution in [0.2, 0.25) is 0 Å². The highest BCUT2D eigenvalue weighted by molar-refractivity contribution is 7.71. The largest absolute Gasteiger partial charge is 0.345 e. The second-order valence-corrected chi connectivity index (χ2v) is 7.94. The van der Waals surface area contributed by atoms with Gasteiger partial charge in [0.1, 0.15) is 0 Å². The van der Waals surface area contributed by atoms with Gasteiger partial charge >= 0.3 is 0 Å². The molecule has 0 aliphatic heterocycles. The molecule has 1 amide bonds. The molecule has 0 bridgehead atoms. The first-order valence-corrected chi connectivity index (χ1v) is 10.3.